The van der Waals surface area contributed by atoms with Gasteiger partial charge in [-0.1, -0.05) is 62.8 Å². The summed E-state index contributed by atoms with van der Waals surface area (Å²) in [5.74, 6) is 0.669. The van der Waals surface area contributed by atoms with E-state index < -0.39 is 0 Å². The van der Waals surface area contributed by atoms with Gasteiger partial charge >= 0.3 is 0 Å². The third-order valence-electron chi connectivity index (χ3n) is 2.99. The lowest BCUT2D eigenvalue weighted by Crippen LogP contribution is -2.06. The summed E-state index contributed by atoms with van der Waals surface area (Å²) in [6.45, 7) is 10.6. The number of benzene rings is 1. The number of carbonyl (C=O) groups is 1. The molecule has 1 heteroatoms. The molecule has 0 spiro atoms. The van der Waals surface area contributed by atoms with Crippen LogP contribution in [0.3, 0.4) is 0 Å². The second kappa shape index (κ2) is 9.83. The van der Waals surface area contributed by atoms with Gasteiger partial charge in [0.2, 0.25) is 0 Å². The van der Waals surface area contributed by atoms with E-state index in [1.54, 1.807) is 0 Å². The van der Waals surface area contributed by atoms with Gasteiger partial charge in [0.05, 0.1) is 0 Å². The van der Waals surface area contributed by atoms with Gasteiger partial charge in [-0.05, 0) is 30.7 Å². The predicted octanol–water partition coefficient (Wildman–Crippen LogP) is 4.43. The molecule has 1 atom stereocenters. The zero-order chi connectivity index (χ0) is 13.1. The Hall–Kier alpha value is -1.37. The number of hydrogen-bond donors (Lipinski definition) is 0. The van der Waals surface area contributed by atoms with E-state index in [4.69, 9.17) is 4.79 Å². The van der Waals surface area contributed by atoms with Crippen molar-refractivity contribution in [1.29, 1.82) is 0 Å². The Kier molecular flexibility index (Phi) is 9.04. The van der Waals surface area contributed by atoms with Crippen molar-refractivity contribution >= 4 is 6.79 Å². The average Bonchev–Trinajstić information content (AvgIpc) is 2.41. The fourth-order valence-corrected chi connectivity index (χ4v) is 1.99. The molecule has 0 aliphatic carbocycles. The van der Waals surface area contributed by atoms with Gasteiger partial charge in [0, 0.05) is 0 Å². The van der Waals surface area contributed by atoms with Gasteiger partial charge in [0.25, 0.3) is 0 Å². The molecule has 94 valence electrons. The van der Waals surface area contributed by atoms with Crippen molar-refractivity contribution in [3.8, 4) is 0 Å². The molecule has 0 aromatic heterocycles. The lowest BCUT2D eigenvalue weighted by Gasteiger charge is -2.18. The van der Waals surface area contributed by atoms with Crippen molar-refractivity contribution in [2.45, 2.75) is 39.5 Å². The molecular weight excluding hydrogens is 208 g/mol. The molecular formula is C16H24O. The highest BCUT2D eigenvalue weighted by Gasteiger charge is 2.10. The monoisotopic (exact) mass is 232 g/mol. The van der Waals surface area contributed by atoms with Crippen LogP contribution in [0.2, 0.25) is 0 Å². The van der Waals surface area contributed by atoms with E-state index >= 15 is 0 Å². The minimum Gasteiger partial charge on any atom is -0.307 e. The molecule has 0 saturated heterocycles. The van der Waals surface area contributed by atoms with Crippen LogP contribution in [0.15, 0.2) is 42.5 Å². The van der Waals surface area contributed by atoms with Crippen LogP contribution in [0.25, 0.3) is 0 Å². The number of hydrogen-bond acceptors (Lipinski definition) is 1. The first-order valence-corrected chi connectivity index (χ1v) is 6.28. The van der Waals surface area contributed by atoms with Crippen molar-refractivity contribution in [1.82, 2.24) is 0 Å². The van der Waals surface area contributed by atoms with Crippen LogP contribution in [0.4, 0.5) is 0 Å². The van der Waals surface area contributed by atoms with Gasteiger partial charge in [-0.15, -0.1) is 0 Å². The summed E-state index contributed by atoms with van der Waals surface area (Å²) in [4.78, 5) is 8.00. The molecule has 0 radical (unpaired) electrons. The molecule has 0 heterocycles. The molecule has 1 unspecified atom stereocenters. The second-order valence-corrected chi connectivity index (χ2v) is 4.19. The van der Waals surface area contributed by atoms with Gasteiger partial charge in [0.1, 0.15) is 6.79 Å². The van der Waals surface area contributed by atoms with Crippen LogP contribution in [-0.4, -0.2) is 6.79 Å². The molecule has 0 aliphatic rings. The molecule has 1 aromatic carbocycles. The molecule has 17 heavy (non-hydrogen) atoms. The smallest absolute Gasteiger partial charge is 0.106 e. The van der Waals surface area contributed by atoms with Crippen LogP contribution in [0, 0.1) is 5.92 Å². The highest BCUT2D eigenvalue weighted by atomic mass is 16.1. The van der Waals surface area contributed by atoms with E-state index in [2.05, 4.69) is 50.8 Å². The van der Waals surface area contributed by atoms with Crippen molar-refractivity contribution in [2.24, 2.45) is 5.92 Å². The molecule has 0 fully saturated rings. The summed E-state index contributed by atoms with van der Waals surface area (Å²) in [5.41, 5.74) is 2.84. The van der Waals surface area contributed by atoms with Crippen molar-refractivity contribution in [3.05, 3.63) is 48.0 Å². The van der Waals surface area contributed by atoms with Gasteiger partial charge in [-0.2, -0.15) is 0 Å². The van der Waals surface area contributed by atoms with Crippen LogP contribution in [-0.2, 0) is 11.2 Å². The highest BCUT2D eigenvalue weighted by Crippen LogP contribution is 2.22. The normalized spacial score (nSPS) is 11.2. The summed E-state index contributed by atoms with van der Waals surface area (Å²) < 4.78 is 0. The quantitative estimate of drug-likeness (QED) is 0.663. The highest BCUT2D eigenvalue weighted by molar-refractivity contribution is 5.17. The Bertz CT molecular complexity index is 303. The third-order valence-corrected chi connectivity index (χ3v) is 2.99. The van der Waals surface area contributed by atoms with E-state index in [1.165, 1.54) is 24.0 Å². The minimum absolute atomic E-state index is 0.669. The predicted molar refractivity (Wildman–Crippen MR) is 75.1 cm³/mol. The standard InChI is InChI=1S/C15H22.CH2O/c1-4-9-15(13(3)5-2)12-14-10-7-6-8-11-14;1-2/h6-8,10-11,15H,3-5,9,12H2,1-2H3;1H2. The second-order valence-electron chi connectivity index (χ2n) is 4.19. The Morgan fingerprint density at radius 1 is 1.18 bits per heavy atom. The SMILES string of the molecule is C=C(CC)C(CCC)Cc1ccccc1.C=O. The van der Waals surface area contributed by atoms with E-state index in [0.717, 1.165) is 12.8 Å². The van der Waals surface area contributed by atoms with Gasteiger partial charge in [0.15, 0.2) is 0 Å². The Labute approximate surface area is 106 Å². The van der Waals surface area contributed by atoms with Crippen molar-refractivity contribution < 1.29 is 4.79 Å². The number of allylic oxidation sites excluding steroid dienone is 1. The Morgan fingerprint density at radius 2 is 1.76 bits per heavy atom. The van der Waals surface area contributed by atoms with Crippen LogP contribution in [0.1, 0.15) is 38.7 Å². The van der Waals surface area contributed by atoms with E-state index in [1.807, 2.05) is 6.79 Å². The molecule has 1 aromatic rings. The zero-order valence-electron chi connectivity index (χ0n) is 11.1. The molecule has 0 aliphatic heterocycles. The van der Waals surface area contributed by atoms with Crippen LogP contribution < -0.4 is 0 Å². The maximum absolute atomic E-state index is 8.00. The molecule has 1 rings (SSSR count). The van der Waals surface area contributed by atoms with Crippen LogP contribution in [0.5, 0.6) is 0 Å². The molecule has 0 N–H and O–H groups in total. The summed E-state index contributed by atoms with van der Waals surface area (Å²) in [6, 6.07) is 10.7. The number of carbonyl (C=O) groups excluding carboxylic acids is 1. The van der Waals surface area contributed by atoms with E-state index in [9.17, 15) is 0 Å². The Balaban J connectivity index is 0.00000121. The first-order chi connectivity index (χ1) is 8.27. The fraction of sp³-hybridized carbons (Fsp3) is 0.438. The topological polar surface area (TPSA) is 17.1 Å². The van der Waals surface area contributed by atoms with E-state index in [-0.39, 0.29) is 0 Å². The third kappa shape index (κ3) is 6.06. The first kappa shape index (κ1) is 15.6. The van der Waals surface area contributed by atoms with E-state index in [0.29, 0.717) is 5.92 Å². The summed E-state index contributed by atoms with van der Waals surface area (Å²) in [6.07, 6.45) is 4.77. The van der Waals surface area contributed by atoms with Crippen molar-refractivity contribution in [2.75, 3.05) is 0 Å². The summed E-state index contributed by atoms with van der Waals surface area (Å²) >= 11 is 0. The zero-order valence-corrected chi connectivity index (χ0v) is 11.1. The summed E-state index contributed by atoms with van der Waals surface area (Å²) in [5, 5.41) is 0. The summed E-state index contributed by atoms with van der Waals surface area (Å²) in [7, 11) is 0. The van der Waals surface area contributed by atoms with Gasteiger partial charge in [-0.3, -0.25) is 0 Å². The van der Waals surface area contributed by atoms with Gasteiger partial charge < -0.3 is 4.79 Å². The first-order valence-electron chi connectivity index (χ1n) is 6.28. The minimum atomic E-state index is 0.669. The number of rotatable bonds is 6. The molecule has 0 bridgehead atoms. The fourth-order valence-electron chi connectivity index (χ4n) is 1.99. The average molecular weight is 232 g/mol. The maximum atomic E-state index is 8.00. The maximum Gasteiger partial charge on any atom is 0.106 e. The lowest BCUT2D eigenvalue weighted by molar-refractivity contribution is -0.0979. The molecule has 0 saturated carbocycles. The van der Waals surface area contributed by atoms with Crippen LogP contribution >= 0.6 is 0 Å². The van der Waals surface area contributed by atoms with Gasteiger partial charge in [-0.25, -0.2) is 0 Å². The van der Waals surface area contributed by atoms with Crippen molar-refractivity contribution in [3.63, 3.8) is 0 Å². The lowest BCUT2D eigenvalue weighted by atomic mass is 9.88. The Morgan fingerprint density at radius 3 is 2.24 bits per heavy atom. The molecule has 0 amide bonds. The largest absolute Gasteiger partial charge is 0.307 e. The molecule has 1 nitrogen and oxygen atoms in total.